The van der Waals surface area contributed by atoms with Crippen LogP contribution in [-0.2, 0) is 25.3 Å². The Kier molecular flexibility index (Phi) is 6.03. The molecule has 0 amide bonds. The Morgan fingerprint density at radius 3 is 2.48 bits per heavy atom. The molecular weight excluding hydrogens is 408 g/mol. The van der Waals surface area contributed by atoms with Crippen molar-refractivity contribution in [2.75, 3.05) is 0 Å². The van der Waals surface area contributed by atoms with Crippen molar-refractivity contribution < 1.29 is 4.79 Å². The topological polar surface area (TPSA) is 52.0 Å². The number of Topliss-reactive ketones (excluding diaryl/α,β-unsaturated/α-hetero) is 1. The van der Waals surface area contributed by atoms with Crippen LogP contribution < -0.4 is 5.56 Å². The first kappa shape index (κ1) is 22.7. The summed E-state index contributed by atoms with van der Waals surface area (Å²) in [7, 11) is 1.71. The molecule has 0 atom stereocenters. The zero-order valence-electron chi connectivity index (χ0n) is 20.0. The Morgan fingerprint density at radius 1 is 0.970 bits per heavy atom. The van der Waals surface area contributed by atoms with Crippen molar-refractivity contribution in [1.29, 1.82) is 0 Å². The molecule has 33 heavy (non-hydrogen) atoms. The number of benzene rings is 3. The number of aromatic nitrogens is 2. The summed E-state index contributed by atoms with van der Waals surface area (Å²) in [6.07, 6.45) is 2.61. The molecule has 1 aromatic heterocycles. The van der Waals surface area contributed by atoms with Crippen LogP contribution in [0.5, 0.6) is 0 Å². The maximum Gasteiger partial charge on any atom is 0.260 e. The molecule has 0 saturated carbocycles. The van der Waals surface area contributed by atoms with Crippen molar-refractivity contribution in [3.8, 4) is 0 Å². The molecule has 0 aliphatic heterocycles. The fraction of sp³-hybridized carbons (Fsp3) is 0.276. The van der Waals surface area contributed by atoms with Crippen LogP contribution in [0.4, 0.5) is 0 Å². The second-order valence-electron chi connectivity index (χ2n) is 9.88. The normalized spacial score (nSPS) is 11.7. The summed E-state index contributed by atoms with van der Waals surface area (Å²) < 4.78 is 1.50. The number of rotatable bonds is 5. The standard InChI is InChI=1S/C29H30N2O2/c1-19-9-10-21(16-27(32)22-7-6-8-24(17-22)29(2,3)4)14-23(19)13-20-11-12-26-25(15-20)28(33)31(5)18-30-26/h6-12,14-15,17-18H,13,16H2,1-5H3. The van der Waals surface area contributed by atoms with Gasteiger partial charge in [-0.2, -0.15) is 0 Å². The van der Waals surface area contributed by atoms with Gasteiger partial charge < -0.3 is 4.57 Å². The molecule has 4 rings (SSSR count). The maximum absolute atomic E-state index is 13.0. The Hall–Kier alpha value is -3.53. The highest BCUT2D eigenvalue weighted by Crippen LogP contribution is 2.24. The van der Waals surface area contributed by atoms with Gasteiger partial charge in [0, 0.05) is 19.0 Å². The lowest BCUT2D eigenvalue weighted by Gasteiger charge is -2.19. The van der Waals surface area contributed by atoms with E-state index in [0.717, 1.165) is 27.8 Å². The van der Waals surface area contributed by atoms with Gasteiger partial charge in [0.1, 0.15) is 0 Å². The summed E-state index contributed by atoms with van der Waals surface area (Å²) in [5.74, 6) is 0.121. The molecule has 3 aromatic carbocycles. The summed E-state index contributed by atoms with van der Waals surface area (Å²) in [5.41, 5.74) is 6.95. The minimum absolute atomic E-state index is 0.00367. The minimum atomic E-state index is -0.0459. The van der Waals surface area contributed by atoms with Gasteiger partial charge in [0.25, 0.3) is 5.56 Å². The van der Waals surface area contributed by atoms with Crippen LogP contribution in [0.25, 0.3) is 10.9 Å². The van der Waals surface area contributed by atoms with Gasteiger partial charge in [-0.3, -0.25) is 9.59 Å². The Labute approximate surface area is 194 Å². The average Bonchev–Trinajstić information content (AvgIpc) is 2.78. The molecule has 4 heteroatoms. The van der Waals surface area contributed by atoms with Crippen LogP contribution in [0.2, 0.25) is 0 Å². The molecule has 0 bridgehead atoms. The first-order valence-electron chi connectivity index (χ1n) is 11.3. The van der Waals surface area contributed by atoms with Gasteiger partial charge in [-0.1, -0.05) is 63.2 Å². The molecule has 0 aliphatic rings. The highest BCUT2D eigenvalue weighted by molar-refractivity contribution is 5.97. The van der Waals surface area contributed by atoms with Crippen LogP contribution in [-0.4, -0.2) is 15.3 Å². The van der Waals surface area contributed by atoms with Crippen LogP contribution >= 0.6 is 0 Å². The van der Waals surface area contributed by atoms with E-state index in [1.165, 1.54) is 10.1 Å². The number of hydrogen-bond donors (Lipinski definition) is 0. The molecule has 0 unspecified atom stereocenters. The Morgan fingerprint density at radius 2 is 1.73 bits per heavy atom. The molecule has 0 fully saturated rings. The summed E-state index contributed by atoms with van der Waals surface area (Å²) in [6.45, 7) is 8.54. The van der Waals surface area contributed by atoms with Crippen molar-refractivity contribution >= 4 is 16.7 Å². The van der Waals surface area contributed by atoms with Crippen molar-refractivity contribution in [3.63, 3.8) is 0 Å². The molecule has 1 heterocycles. The van der Waals surface area contributed by atoms with Crippen molar-refractivity contribution in [3.05, 3.63) is 111 Å². The first-order valence-corrected chi connectivity index (χ1v) is 11.3. The molecule has 0 saturated heterocycles. The van der Waals surface area contributed by atoms with Gasteiger partial charge in [-0.05, 0) is 64.8 Å². The average molecular weight is 439 g/mol. The smallest absolute Gasteiger partial charge is 0.260 e. The van der Waals surface area contributed by atoms with Gasteiger partial charge in [-0.15, -0.1) is 0 Å². The van der Waals surface area contributed by atoms with Crippen LogP contribution in [0.15, 0.2) is 71.8 Å². The summed E-state index contributed by atoms with van der Waals surface area (Å²) >= 11 is 0. The third-order valence-corrected chi connectivity index (χ3v) is 6.21. The predicted octanol–water partition coefficient (Wildman–Crippen LogP) is 5.56. The van der Waals surface area contributed by atoms with Crippen molar-refractivity contribution in [2.45, 2.75) is 46.0 Å². The lowest BCUT2D eigenvalue weighted by molar-refractivity contribution is 0.0993. The van der Waals surface area contributed by atoms with E-state index in [9.17, 15) is 9.59 Å². The molecule has 168 valence electrons. The molecule has 0 spiro atoms. The fourth-order valence-electron chi connectivity index (χ4n) is 4.06. The highest BCUT2D eigenvalue weighted by atomic mass is 16.1. The van der Waals surface area contributed by atoms with Crippen LogP contribution in [0, 0.1) is 6.92 Å². The summed E-state index contributed by atoms with van der Waals surface area (Å²) in [6, 6.07) is 20.0. The largest absolute Gasteiger partial charge is 0.302 e. The highest BCUT2D eigenvalue weighted by Gasteiger charge is 2.16. The first-order chi connectivity index (χ1) is 15.6. The Balaban J connectivity index is 1.59. The number of aryl methyl sites for hydroxylation is 2. The fourth-order valence-corrected chi connectivity index (χ4v) is 4.06. The third kappa shape index (κ3) is 4.95. The number of hydrogen-bond acceptors (Lipinski definition) is 3. The SMILES string of the molecule is Cc1ccc(CC(=O)c2cccc(C(C)(C)C)c2)cc1Cc1ccc2ncn(C)c(=O)c2c1. The van der Waals surface area contributed by atoms with E-state index in [2.05, 4.69) is 50.9 Å². The van der Waals surface area contributed by atoms with Gasteiger partial charge in [0.2, 0.25) is 0 Å². The van der Waals surface area contributed by atoms with E-state index in [1.54, 1.807) is 13.4 Å². The number of carbonyl (C=O) groups excluding carboxylic acids is 1. The minimum Gasteiger partial charge on any atom is -0.302 e. The summed E-state index contributed by atoms with van der Waals surface area (Å²) in [4.78, 5) is 29.8. The zero-order chi connectivity index (χ0) is 23.8. The van der Waals surface area contributed by atoms with E-state index in [1.807, 2.05) is 42.5 Å². The number of nitrogens with zero attached hydrogens (tertiary/aromatic N) is 2. The van der Waals surface area contributed by atoms with E-state index in [0.29, 0.717) is 23.7 Å². The molecule has 4 nitrogen and oxygen atoms in total. The third-order valence-electron chi connectivity index (χ3n) is 6.21. The second kappa shape index (κ2) is 8.78. The number of fused-ring (bicyclic) bond motifs is 1. The van der Waals surface area contributed by atoms with Gasteiger partial charge in [-0.25, -0.2) is 4.98 Å². The van der Waals surface area contributed by atoms with Crippen LogP contribution in [0.3, 0.4) is 0 Å². The zero-order valence-corrected chi connectivity index (χ0v) is 20.0. The molecule has 0 N–H and O–H groups in total. The molecular formula is C29H30N2O2. The monoisotopic (exact) mass is 438 g/mol. The van der Waals surface area contributed by atoms with Crippen molar-refractivity contribution in [1.82, 2.24) is 9.55 Å². The Bertz CT molecular complexity index is 1410. The lowest BCUT2D eigenvalue weighted by Crippen LogP contribution is -2.17. The quantitative estimate of drug-likeness (QED) is 0.384. The van der Waals surface area contributed by atoms with Gasteiger partial charge >= 0.3 is 0 Å². The predicted molar refractivity (Wildman–Crippen MR) is 134 cm³/mol. The van der Waals surface area contributed by atoms with Crippen molar-refractivity contribution in [2.24, 2.45) is 7.05 Å². The van der Waals surface area contributed by atoms with E-state index < -0.39 is 0 Å². The van der Waals surface area contributed by atoms with E-state index >= 15 is 0 Å². The van der Waals surface area contributed by atoms with E-state index in [-0.39, 0.29) is 16.8 Å². The van der Waals surface area contributed by atoms with E-state index in [4.69, 9.17) is 0 Å². The maximum atomic E-state index is 13.0. The van der Waals surface area contributed by atoms with Crippen LogP contribution in [0.1, 0.15) is 58.9 Å². The number of ketones is 1. The number of carbonyl (C=O) groups is 1. The van der Waals surface area contributed by atoms with Gasteiger partial charge in [0.05, 0.1) is 17.2 Å². The lowest BCUT2D eigenvalue weighted by atomic mass is 9.85. The summed E-state index contributed by atoms with van der Waals surface area (Å²) in [5, 5.41) is 0.625. The molecule has 0 aliphatic carbocycles. The van der Waals surface area contributed by atoms with Gasteiger partial charge in [0.15, 0.2) is 5.78 Å². The second-order valence-corrected chi connectivity index (χ2v) is 9.88. The molecule has 0 radical (unpaired) electrons. The molecule has 4 aromatic rings.